The van der Waals surface area contributed by atoms with Crippen molar-refractivity contribution in [3.63, 3.8) is 0 Å². The largest absolute Gasteiger partial charge is 0.497 e. The normalized spacial score (nSPS) is 10.2. The van der Waals surface area contributed by atoms with E-state index in [2.05, 4.69) is 20.1 Å². The molecule has 68 valence electrons. The molecule has 0 amide bonds. The highest BCUT2D eigenvalue weighted by Gasteiger charge is 1.88. The minimum atomic E-state index is 0.674. The van der Waals surface area contributed by atoms with Crippen molar-refractivity contribution in [1.29, 1.82) is 0 Å². The Hall–Kier alpha value is -0.980. The van der Waals surface area contributed by atoms with Gasteiger partial charge < -0.3 is 4.74 Å². The molecule has 1 nitrogen and oxygen atoms in total. The van der Waals surface area contributed by atoms with E-state index in [1.165, 1.54) is 12.8 Å². The van der Waals surface area contributed by atoms with E-state index < -0.39 is 0 Å². The third-order valence-electron chi connectivity index (χ3n) is 1.62. The van der Waals surface area contributed by atoms with Crippen molar-refractivity contribution in [2.24, 2.45) is 0 Å². The van der Waals surface area contributed by atoms with Gasteiger partial charge in [-0.2, -0.15) is 0 Å². The lowest BCUT2D eigenvalue weighted by molar-refractivity contribution is 0.309. The summed E-state index contributed by atoms with van der Waals surface area (Å²) in [6, 6.07) is 0. The zero-order valence-corrected chi connectivity index (χ0v) is 8.10. The SMILES string of the molecule is C=C(/C=C\C(=C)OC)CCCC. The van der Waals surface area contributed by atoms with Crippen LogP contribution in [-0.4, -0.2) is 7.11 Å². The molecule has 1 heteroatoms. The van der Waals surface area contributed by atoms with Crippen molar-refractivity contribution in [2.75, 3.05) is 7.11 Å². The number of methoxy groups -OCH3 is 1. The van der Waals surface area contributed by atoms with Gasteiger partial charge in [0.15, 0.2) is 0 Å². The number of unbranched alkanes of at least 4 members (excludes halogenated alkanes) is 1. The van der Waals surface area contributed by atoms with E-state index in [4.69, 9.17) is 4.74 Å². The summed E-state index contributed by atoms with van der Waals surface area (Å²) in [7, 11) is 1.61. The highest BCUT2D eigenvalue weighted by atomic mass is 16.5. The van der Waals surface area contributed by atoms with Crippen molar-refractivity contribution >= 4 is 0 Å². The molecule has 0 saturated carbocycles. The standard InChI is InChI=1S/C11H18O/c1-5-6-7-10(2)8-9-11(3)12-4/h8-9H,2-3,5-7H2,1,4H3/b9-8-. The van der Waals surface area contributed by atoms with E-state index >= 15 is 0 Å². The van der Waals surface area contributed by atoms with Crippen molar-refractivity contribution in [3.8, 4) is 0 Å². The van der Waals surface area contributed by atoms with Crippen LogP contribution in [0.2, 0.25) is 0 Å². The molecule has 0 aliphatic heterocycles. The smallest absolute Gasteiger partial charge is 0.111 e. The summed E-state index contributed by atoms with van der Waals surface area (Å²) < 4.78 is 4.88. The Kier molecular flexibility index (Phi) is 6.16. The molecular weight excluding hydrogens is 148 g/mol. The van der Waals surface area contributed by atoms with Crippen LogP contribution in [-0.2, 0) is 4.74 Å². The van der Waals surface area contributed by atoms with Crippen LogP contribution in [0.25, 0.3) is 0 Å². The molecule has 0 rings (SSSR count). The molecule has 0 atom stereocenters. The van der Waals surface area contributed by atoms with Gasteiger partial charge in [-0.1, -0.05) is 38.2 Å². The molecule has 0 N–H and O–H groups in total. The van der Waals surface area contributed by atoms with Gasteiger partial charge in [0.25, 0.3) is 0 Å². The summed E-state index contributed by atoms with van der Waals surface area (Å²) in [5.74, 6) is 0.674. The van der Waals surface area contributed by atoms with Gasteiger partial charge in [0.1, 0.15) is 5.76 Å². The van der Waals surface area contributed by atoms with Gasteiger partial charge in [0.2, 0.25) is 0 Å². The Morgan fingerprint density at radius 1 is 1.33 bits per heavy atom. The number of hydrogen-bond acceptors (Lipinski definition) is 1. The zero-order valence-electron chi connectivity index (χ0n) is 8.10. The lowest BCUT2D eigenvalue weighted by atomic mass is 10.1. The maximum atomic E-state index is 4.88. The van der Waals surface area contributed by atoms with Gasteiger partial charge in [0.05, 0.1) is 7.11 Å². The molecule has 0 fully saturated rings. The monoisotopic (exact) mass is 166 g/mol. The minimum Gasteiger partial charge on any atom is -0.497 e. The number of allylic oxidation sites excluding steroid dienone is 3. The Bertz CT molecular complexity index is 177. The van der Waals surface area contributed by atoms with Crippen molar-refractivity contribution in [3.05, 3.63) is 36.6 Å². The maximum absolute atomic E-state index is 4.88. The van der Waals surface area contributed by atoms with E-state index in [0.717, 1.165) is 12.0 Å². The van der Waals surface area contributed by atoms with Crippen LogP contribution in [0.15, 0.2) is 36.6 Å². The minimum absolute atomic E-state index is 0.674. The van der Waals surface area contributed by atoms with E-state index in [0.29, 0.717) is 5.76 Å². The summed E-state index contributed by atoms with van der Waals surface area (Å²) in [4.78, 5) is 0. The summed E-state index contributed by atoms with van der Waals surface area (Å²) >= 11 is 0. The Balaban J connectivity index is 3.67. The third-order valence-corrected chi connectivity index (χ3v) is 1.62. The predicted octanol–water partition coefficient (Wildman–Crippen LogP) is 3.45. The van der Waals surface area contributed by atoms with Gasteiger partial charge in [-0.15, -0.1) is 0 Å². The lowest BCUT2D eigenvalue weighted by Crippen LogP contribution is -1.80. The first-order valence-corrected chi connectivity index (χ1v) is 4.29. The Morgan fingerprint density at radius 3 is 2.50 bits per heavy atom. The fourth-order valence-corrected chi connectivity index (χ4v) is 0.766. The molecular formula is C11H18O. The highest BCUT2D eigenvalue weighted by Crippen LogP contribution is 2.07. The first-order chi connectivity index (χ1) is 5.70. The van der Waals surface area contributed by atoms with E-state index in [1.807, 2.05) is 12.2 Å². The van der Waals surface area contributed by atoms with Crippen LogP contribution in [0.3, 0.4) is 0 Å². The number of hydrogen-bond donors (Lipinski definition) is 0. The topological polar surface area (TPSA) is 9.23 Å². The Labute approximate surface area is 75.4 Å². The maximum Gasteiger partial charge on any atom is 0.111 e. The predicted molar refractivity (Wildman–Crippen MR) is 54.0 cm³/mol. The van der Waals surface area contributed by atoms with Gasteiger partial charge >= 0.3 is 0 Å². The molecule has 0 spiro atoms. The first kappa shape index (κ1) is 11.0. The van der Waals surface area contributed by atoms with Gasteiger partial charge in [0, 0.05) is 0 Å². The van der Waals surface area contributed by atoms with E-state index in [-0.39, 0.29) is 0 Å². The average molecular weight is 166 g/mol. The molecule has 12 heavy (non-hydrogen) atoms. The van der Waals surface area contributed by atoms with Crippen molar-refractivity contribution in [1.82, 2.24) is 0 Å². The molecule has 0 aliphatic carbocycles. The molecule has 0 bridgehead atoms. The van der Waals surface area contributed by atoms with Crippen LogP contribution < -0.4 is 0 Å². The summed E-state index contributed by atoms with van der Waals surface area (Å²) in [5, 5.41) is 0. The molecule has 0 aromatic heterocycles. The molecule has 0 heterocycles. The van der Waals surface area contributed by atoms with Gasteiger partial charge in [-0.25, -0.2) is 0 Å². The molecule has 0 aromatic carbocycles. The molecule has 0 radical (unpaired) electrons. The number of rotatable bonds is 6. The quantitative estimate of drug-likeness (QED) is 0.434. The highest BCUT2D eigenvalue weighted by molar-refractivity contribution is 5.20. The summed E-state index contributed by atoms with van der Waals surface area (Å²) in [5.41, 5.74) is 1.13. The van der Waals surface area contributed by atoms with Crippen LogP contribution in [0, 0.1) is 0 Å². The molecule has 0 aromatic rings. The summed E-state index contributed by atoms with van der Waals surface area (Å²) in [6.07, 6.45) is 7.27. The van der Waals surface area contributed by atoms with Crippen LogP contribution in [0.1, 0.15) is 26.2 Å². The average Bonchev–Trinajstić information content (AvgIpc) is 2.10. The fourth-order valence-electron chi connectivity index (χ4n) is 0.766. The van der Waals surface area contributed by atoms with Gasteiger partial charge in [-0.05, 0) is 18.9 Å². The van der Waals surface area contributed by atoms with Crippen LogP contribution in [0.5, 0.6) is 0 Å². The second-order valence-corrected chi connectivity index (χ2v) is 2.77. The zero-order chi connectivity index (χ0) is 9.40. The lowest BCUT2D eigenvalue weighted by Gasteiger charge is -1.98. The summed E-state index contributed by atoms with van der Waals surface area (Å²) in [6.45, 7) is 9.76. The van der Waals surface area contributed by atoms with E-state index in [9.17, 15) is 0 Å². The molecule has 0 aliphatic rings. The molecule has 0 saturated heterocycles. The second kappa shape index (κ2) is 6.71. The van der Waals surface area contributed by atoms with Crippen LogP contribution >= 0.6 is 0 Å². The molecule has 0 unspecified atom stereocenters. The second-order valence-electron chi connectivity index (χ2n) is 2.77. The first-order valence-electron chi connectivity index (χ1n) is 4.29. The number of ether oxygens (including phenoxy) is 1. The van der Waals surface area contributed by atoms with Crippen molar-refractivity contribution in [2.45, 2.75) is 26.2 Å². The van der Waals surface area contributed by atoms with Gasteiger partial charge in [-0.3, -0.25) is 0 Å². The van der Waals surface area contributed by atoms with E-state index in [1.54, 1.807) is 7.11 Å². The fraction of sp³-hybridized carbons (Fsp3) is 0.455. The van der Waals surface area contributed by atoms with Crippen LogP contribution in [0.4, 0.5) is 0 Å². The third kappa shape index (κ3) is 5.78. The van der Waals surface area contributed by atoms with Crippen molar-refractivity contribution < 1.29 is 4.74 Å². The Morgan fingerprint density at radius 2 is 2.00 bits per heavy atom.